The number of hydrogen-bond acceptors (Lipinski definition) is 2. The highest BCUT2D eigenvalue weighted by molar-refractivity contribution is 7.96. The quantitative estimate of drug-likeness (QED) is 0.430. The second kappa shape index (κ2) is 3.69. The molecule has 1 N–H and O–H groups in total. The summed E-state index contributed by atoms with van der Waals surface area (Å²) in [4.78, 5) is 10.1. The summed E-state index contributed by atoms with van der Waals surface area (Å²) in [6, 6.07) is 0. The summed E-state index contributed by atoms with van der Waals surface area (Å²) < 4.78 is 0. The van der Waals surface area contributed by atoms with Crippen molar-refractivity contribution >= 4 is 17.7 Å². The largest absolute Gasteiger partial charge is 0.384 e. The standard InChI is InChI=1S/C5H8O2S/c1-2-3-4(6)5(7)8/h2,4,6H,1,3H2,(H,7,8)/t4-/m0/s1. The Kier molecular flexibility index (Phi) is 3.56. The molecule has 0 aromatic carbocycles. The summed E-state index contributed by atoms with van der Waals surface area (Å²) in [5.74, 6) is 0. The molecule has 0 rings (SSSR count). The van der Waals surface area contributed by atoms with Gasteiger partial charge in [0.15, 0.2) is 0 Å². The molecular weight excluding hydrogens is 124 g/mol. The summed E-state index contributed by atoms with van der Waals surface area (Å²) in [7, 11) is 0. The van der Waals surface area contributed by atoms with Crippen LogP contribution >= 0.6 is 12.6 Å². The van der Waals surface area contributed by atoms with Gasteiger partial charge in [-0.15, -0.1) is 19.2 Å². The molecule has 0 heterocycles. The van der Waals surface area contributed by atoms with Crippen LogP contribution in [-0.4, -0.2) is 16.3 Å². The Bertz CT molecular complexity index is 101. The third-order valence-corrected chi connectivity index (χ3v) is 0.973. The monoisotopic (exact) mass is 132 g/mol. The van der Waals surface area contributed by atoms with E-state index in [0.717, 1.165) is 0 Å². The van der Waals surface area contributed by atoms with Crippen molar-refractivity contribution in [3.05, 3.63) is 12.7 Å². The Hall–Kier alpha value is -0.280. The maximum atomic E-state index is 10.1. The molecule has 0 aliphatic heterocycles. The Morgan fingerprint density at radius 3 is 2.62 bits per heavy atom. The van der Waals surface area contributed by atoms with Crippen molar-refractivity contribution in [3.8, 4) is 0 Å². The predicted molar refractivity (Wildman–Crippen MR) is 34.8 cm³/mol. The van der Waals surface area contributed by atoms with Gasteiger partial charge >= 0.3 is 0 Å². The minimum atomic E-state index is -0.976. The highest BCUT2D eigenvalue weighted by Crippen LogP contribution is 1.95. The zero-order chi connectivity index (χ0) is 6.57. The molecule has 3 heteroatoms. The van der Waals surface area contributed by atoms with Gasteiger partial charge in [0, 0.05) is 0 Å². The lowest BCUT2D eigenvalue weighted by molar-refractivity contribution is -0.117. The average molecular weight is 132 g/mol. The van der Waals surface area contributed by atoms with Crippen LogP contribution in [0.2, 0.25) is 0 Å². The zero-order valence-corrected chi connectivity index (χ0v) is 5.27. The number of hydrogen-bond donors (Lipinski definition) is 2. The minimum Gasteiger partial charge on any atom is -0.384 e. The summed E-state index contributed by atoms with van der Waals surface area (Å²) >= 11 is 3.39. The highest BCUT2D eigenvalue weighted by atomic mass is 32.1. The zero-order valence-electron chi connectivity index (χ0n) is 4.37. The molecule has 0 aliphatic carbocycles. The first-order valence-electron chi connectivity index (χ1n) is 2.20. The molecule has 0 aromatic heterocycles. The van der Waals surface area contributed by atoms with E-state index < -0.39 is 11.2 Å². The first-order valence-corrected chi connectivity index (χ1v) is 2.65. The molecule has 1 atom stereocenters. The molecule has 0 radical (unpaired) electrons. The van der Waals surface area contributed by atoms with Gasteiger partial charge in [-0.1, -0.05) is 6.08 Å². The van der Waals surface area contributed by atoms with Crippen molar-refractivity contribution in [3.63, 3.8) is 0 Å². The molecule has 0 saturated carbocycles. The Labute approximate surface area is 53.6 Å². The molecule has 0 spiro atoms. The van der Waals surface area contributed by atoms with Crippen LogP contribution in [0.15, 0.2) is 12.7 Å². The third kappa shape index (κ3) is 2.82. The first-order chi connectivity index (χ1) is 3.68. The fraction of sp³-hybridized carbons (Fsp3) is 0.400. The van der Waals surface area contributed by atoms with Crippen LogP contribution in [0.1, 0.15) is 6.42 Å². The number of aliphatic hydroxyl groups excluding tert-OH is 1. The van der Waals surface area contributed by atoms with Crippen LogP contribution in [0.5, 0.6) is 0 Å². The fourth-order valence-corrected chi connectivity index (χ4v) is 0.364. The number of rotatable bonds is 3. The second-order valence-electron chi connectivity index (χ2n) is 1.38. The van der Waals surface area contributed by atoms with Gasteiger partial charge in [0.25, 0.3) is 0 Å². The van der Waals surface area contributed by atoms with Gasteiger partial charge in [0.2, 0.25) is 5.12 Å². The van der Waals surface area contributed by atoms with E-state index in [1.54, 1.807) is 0 Å². The number of aliphatic hydroxyl groups is 1. The van der Waals surface area contributed by atoms with Crippen molar-refractivity contribution in [1.29, 1.82) is 0 Å². The fourth-order valence-electron chi connectivity index (χ4n) is 0.259. The van der Waals surface area contributed by atoms with Gasteiger partial charge in [0.05, 0.1) is 0 Å². The summed E-state index contributed by atoms with van der Waals surface area (Å²) in [6.07, 6.45) is 0.775. The molecule has 0 saturated heterocycles. The van der Waals surface area contributed by atoms with Crippen molar-refractivity contribution in [2.24, 2.45) is 0 Å². The normalized spacial score (nSPS) is 12.8. The maximum Gasteiger partial charge on any atom is 0.214 e. The third-order valence-electron chi connectivity index (χ3n) is 0.675. The summed E-state index contributed by atoms with van der Waals surface area (Å²) in [6.45, 7) is 3.34. The van der Waals surface area contributed by atoms with Gasteiger partial charge in [-0.2, -0.15) is 0 Å². The van der Waals surface area contributed by atoms with Crippen molar-refractivity contribution < 1.29 is 9.90 Å². The van der Waals surface area contributed by atoms with Gasteiger partial charge < -0.3 is 5.11 Å². The minimum absolute atomic E-state index is 0.280. The van der Waals surface area contributed by atoms with E-state index in [1.165, 1.54) is 6.08 Å². The van der Waals surface area contributed by atoms with Crippen molar-refractivity contribution in [1.82, 2.24) is 0 Å². The van der Waals surface area contributed by atoms with E-state index in [0.29, 0.717) is 0 Å². The van der Waals surface area contributed by atoms with Gasteiger partial charge in [-0.05, 0) is 6.42 Å². The summed E-state index contributed by atoms with van der Waals surface area (Å²) in [5, 5.41) is 8.12. The van der Waals surface area contributed by atoms with E-state index in [1.807, 2.05) is 0 Å². The molecule has 46 valence electrons. The van der Waals surface area contributed by atoms with Gasteiger partial charge in [0.1, 0.15) is 6.10 Å². The molecule has 0 fully saturated rings. The Morgan fingerprint density at radius 1 is 2.00 bits per heavy atom. The number of carbonyl (C=O) groups excluding carboxylic acids is 1. The molecule has 8 heavy (non-hydrogen) atoms. The lowest BCUT2D eigenvalue weighted by Gasteiger charge is -1.97. The Balaban J connectivity index is 3.46. The SMILES string of the molecule is C=CC[C@H](O)C(=O)S. The van der Waals surface area contributed by atoms with Crippen LogP contribution in [-0.2, 0) is 4.79 Å². The van der Waals surface area contributed by atoms with Gasteiger partial charge in [-0.25, -0.2) is 0 Å². The van der Waals surface area contributed by atoms with Crippen LogP contribution < -0.4 is 0 Å². The molecule has 0 aromatic rings. The predicted octanol–water partition coefficient (Wildman–Crippen LogP) is 0.380. The van der Waals surface area contributed by atoms with E-state index in [9.17, 15) is 4.79 Å². The smallest absolute Gasteiger partial charge is 0.214 e. The maximum absolute atomic E-state index is 10.1. The lowest BCUT2D eigenvalue weighted by Crippen LogP contribution is -2.12. The molecular formula is C5H8O2S. The van der Waals surface area contributed by atoms with E-state index in [4.69, 9.17) is 5.11 Å². The van der Waals surface area contributed by atoms with Crippen LogP contribution in [0, 0.1) is 0 Å². The van der Waals surface area contributed by atoms with Crippen molar-refractivity contribution in [2.45, 2.75) is 12.5 Å². The number of thiol groups is 1. The van der Waals surface area contributed by atoms with E-state index in [-0.39, 0.29) is 6.42 Å². The van der Waals surface area contributed by atoms with Crippen LogP contribution in [0.3, 0.4) is 0 Å². The molecule has 0 amide bonds. The summed E-state index contributed by atoms with van der Waals surface area (Å²) in [5.41, 5.74) is 0. The highest BCUT2D eigenvalue weighted by Gasteiger charge is 2.06. The topological polar surface area (TPSA) is 37.3 Å². The van der Waals surface area contributed by atoms with E-state index >= 15 is 0 Å². The number of carbonyl (C=O) groups is 1. The van der Waals surface area contributed by atoms with Crippen LogP contribution in [0.4, 0.5) is 0 Å². The van der Waals surface area contributed by atoms with Crippen LogP contribution in [0.25, 0.3) is 0 Å². The van der Waals surface area contributed by atoms with Crippen molar-refractivity contribution in [2.75, 3.05) is 0 Å². The van der Waals surface area contributed by atoms with Gasteiger partial charge in [-0.3, -0.25) is 4.79 Å². The molecule has 0 unspecified atom stereocenters. The first kappa shape index (κ1) is 7.72. The molecule has 0 aliphatic rings. The lowest BCUT2D eigenvalue weighted by atomic mass is 10.3. The average Bonchev–Trinajstić information content (AvgIpc) is 1.67. The molecule has 0 bridgehead atoms. The Morgan fingerprint density at radius 2 is 2.50 bits per heavy atom. The second-order valence-corrected chi connectivity index (χ2v) is 1.82. The molecule has 2 nitrogen and oxygen atoms in total. The van der Waals surface area contributed by atoms with E-state index in [2.05, 4.69) is 19.2 Å².